The van der Waals surface area contributed by atoms with Gasteiger partial charge in [0.1, 0.15) is 0 Å². The van der Waals surface area contributed by atoms with E-state index in [-0.39, 0.29) is 0 Å². The van der Waals surface area contributed by atoms with Crippen molar-refractivity contribution in [1.29, 1.82) is 0 Å². The third kappa shape index (κ3) is 1.63. The van der Waals surface area contributed by atoms with Crippen LogP contribution < -0.4 is 0 Å². The lowest BCUT2D eigenvalue weighted by atomic mass is 10.1. The monoisotopic (exact) mass is 273 g/mol. The van der Waals surface area contributed by atoms with Crippen LogP contribution in [-0.2, 0) is 0 Å². The molecule has 2 nitrogen and oxygen atoms in total. The number of rotatable bonds is 1. The van der Waals surface area contributed by atoms with Gasteiger partial charge in [-0.2, -0.15) is 0 Å². The number of fused-ring (bicyclic) bond motifs is 1. The molecule has 3 aromatic rings. The number of halogens is 1. The van der Waals surface area contributed by atoms with E-state index in [1.54, 1.807) is 6.20 Å². The van der Waals surface area contributed by atoms with E-state index in [9.17, 15) is 0 Å². The van der Waals surface area contributed by atoms with Gasteiger partial charge < -0.3 is 4.42 Å². The molecule has 1 aromatic heterocycles. The van der Waals surface area contributed by atoms with Gasteiger partial charge in [0.05, 0.1) is 6.20 Å². The van der Waals surface area contributed by atoms with Gasteiger partial charge in [0.15, 0.2) is 5.76 Å². The summed E-state index contributed by atoms with van der Waals surface area (Å²) in [6, 6.07) is 14.5. The molecule has 0 fully saturated rings. The van der Waals surface area contributed by atoms with Gasteiger partial charge in [-0.15, -0.1) is 0 Å². The van der Waals surface area contributed by atoms with Crippen LogP contribution in [0, 0.1) is 0 Å². The number of aromatic nitrogens is 1. The fourth-order valence-electron chi connectivity index (χ4n) is 1.73. The molecular weight excluding hydrogens is 266 g/mol. The molecule has 0 aliphatic carbocycles. The van der Waals surface area contributed by atoms with Gasteiger partial charge in [0.2, 0.25) is 0 Å². The van der Waals surface area contributed by atoms with Crippen molar-refractivity contribution in [2.45, 2.75) is 0 Å². The lowest BCUT2D eigenvalue weighted by Crippen LogP contribution is -1.75. The fourth-order valence-corrected chi connectivity index (χ4v) is 2.01. The number of benzene rings is 2. The maximum atomic E-state index is 5.42. The Morgan fingerprint density at radius 2 is 1.81 bits per heavy atom. The van der Waals surface area contributed by atoms with E-state index in [1.165, 1.54) is 10.8 Å². The molecule has 0 aliphatic rings. The van der Waals surface area contributed by atoms with Gasteiger partial charge in [0.25, 0.3) is 4.80 Å². The average Bonchev–Trinajstić information content (AvgIpc) is 2.75. The Bertz CT molecular complexity index is 645. The summed E-state index contributed by atoms with van der Waals surface area (Å²) in [7, 11) is 0. The van der Waals surface area contributed by atoms with Crippen molar-refractivity contribution in [3.63, 3.8) is 0 Å². The molecule has 0 radical (unpaired) electrons. The second-order valence-corrected chi connectivity index (χ2v) is 4.22. The van der Waals surface area contributed by atoms with E-state index in [2.05, 4.69) is 45.2 Å². The van der Waals surface area contributed by atoms with Gasteiger partial charge in [-0.3, -0.25) is 0 Å². The van der Waals surface area contributed by atoms with Crippen molar-refractivity contribution in [3.05, 3.63) is 53.5 Å². The molecule has 0 N–H and O–H groups in total. The molecule has 2 aromatic carbocycles. The number of nitrogens with zero attached hydrogens (tertiary/aromatic N) is 1. The van der Waals surface area contributed by atoms with E-state index >= 15 is 0 Å². The summed E-state index contributed by atoms with van der Waals surface area (Å²) < 4.78 is 5.42. The highest BCUT2D eigenvalue weighted by Gasteiger charge is 2.04. The molecule has 0 unspecified atom stereocenters. The Morgan fingerprint density at radius 3 is 2.56 bits per heavy atom. The standard InChI is InChI=1S/C13H8BrNO/c14-13-15-8-12(16-13)11-6-5-9-3-1-2-4-10(9)7-11/h1-8H. The first-order valence-corrected chi connectivity index (χ1v) is 5.73. The van der Waals surface area contributed by atoms with Crippen molar-refractivity contribution in [3.8, 4) is 11.3 Å². The van der Waals surface area contributed by atoms with E-state index < -0.39 is 0 Å². The first-order chi connectivity index (χ1) is 7.83. The molecule has 3 heteroatoms. The lowest BCUT2D eigenvalue weighted by Gasteiger charge is -1.99. The van der Waals surface area contributed by atoms with E-state index in [1.807, 2.05) is 18.2 Å². The van der Waals surface area contributed by atoms with Crippen LogP contribution in [0.3, 0.4) is 0 Å². The predicted molar refractivity (Wildman–Crippen MR) is 67.1 cm³/mol. The van der Waals surface area contributed by atoms with Crippen molar-refractivity contribution >= 4 is 26.7 Å². The zero-order chi connectivity index (χ0) is 11.0. The quantitative estimate of drug-likeness (QED) is 0.662. The van der Waals surface area contributed by atoms with E-state index in [0.717, 1.165) is 11.3 Å². The second-order valence-electron chi connectivity index (χ2n) is 3.54. The predicted octanol–water partition coefficient (Wildman–Crippen LogP) is 4.26. The normalized spacial score (nSPS) is 10.8. The molecule has 0 amide bonds. The van der Waals surface area contributed by atoms with E-state index in [0.29, 0.717) is 4.80 Å². The molecule has 16 heavy (non-hydrogen) atoms. The summed E-state index contributed by atoms with van der Waals surface area (Å²) in [6.45, 7) is 0. The van der Waals surface area contributed by atoms with Gasteiger partial charge in [0, 0.05) is 21.5 Å². The van der Waals surface area contributed by atoms with Crippen LogP contribution in [0.2, 0.25) is 0 Å². The highest BCUT2D eigenvalue weighted by molar-refractivity contribution is 9.10. The van der Waals surface area contributed by atoms with Gasteiger partial charge >= 0.3 is 0 Å². The smallest absolute Gasteiger partial charge is 0.264 e. The van der Waals surface area contributed by atoms with E-state index in [4.69, 9.17) is 4.42 Å². The maximum absolute atomic E-state index is 5.42. The van der Waals surface area contributed by atoms with Crippen LogP contribution in [-0.4, -0.2) is 4.98 Å². The van der Waals surface area contributed by atoms with Gasteiger partial charge in [-0.1, -0.05) is 36.4 Å². The van der Waals surface area contributed by atoms with Crippen LogP contribution in [0.1, 0.15) is 0 Å². The molecule has 3 rings (SSSR count). The fraction of sp³-hybridized carbons (Fsp3) is 0. The minimum Gasteiger partial charge on any atom is -0.431 e. The summed E-state index contributed by atoms with van der Waals surface area (Å²) >= 11 is 3.20. The first-order valence-electron chi connectivity index (χ1n) is 4.93. The minimum absolute atomic E-state index is 0.510. The molecule has 0 aliphatic heterocycles. The summed E-state index contributed by atoms with van der Waals surface area (Å²) in [5.74, 6) is 0.776. The molecular formula is C13H8BrNO. The first kappa shape index (κ1) is 9.60. The number of hydrogen-bond acceptors (Lipinski definition) is 2. The molecule has 1 heterocycles. The maximum Gasteiger partial charge on any atom is 0.264 e. The average molecular weight is 274 g/mol. The van der Waals surface area contributed by atoms with Crippen LogP contribution in [0.4, 0.5) is 0 Å². The number of hydrogen-bond donors (Lipinski definition) is 0. The molecule has 0 bridgehead atoms. The second kappa shape index (κ2) is 3.76. The van der Waals surface area contributed by atoms with Crippen molar-refractivity contribution in [1.82, 2.24) is 4.98 Å². The Balaban J connectivity index is 2.18. The van der Waals surface area contributed by atoms with Crippen molar-refractivity contribution < 1.29 is 4.42 Å². The summed E-state index contributed by atoms with van der Waals surface area (Å²) in [5.41, 5.74) is 1.04. The third-order valence-corrected chi connectivity index (χ3v) is 2.88. The third-order valence-electron chi connectivity index (χ3n) is 2.51. The molecule has 0 saturated heterocycles. The van der Waals surface area contributed by atoms with Crippen LogP contribution in [0.15, 0.2) is 57.9 Å². The van der Waals surface area contributed by atoms with Crippen molar-refractivity contribution in [2.24, 2.45) is 0 Å². The molecule has 0 spiro atoms. The topological polar surface area (TPSA) is 26.0 Å². The van der Waals surface area contributed by atoms with Crippen LogP contribution >= 0.6 is 15.9 Å². The molecule has 78 valence electrons. The number of oxazole rings is 1. The minimum atomic E-state index is 0.510. The molecule has 0 saturated carbocycles. The largest absolute Gasteiger partial charge is 0.431 e. The van der Waals surface area contributed by atoms with Crippen molar-refractivity contribution in [2.75, 3.05) is 0 Å². The summed E-state index contributed by atoms with van der Waals surface area (Å²) in [4.78, 5) is 4.53. The molecule has 0 atom stereocenters. The zero-order valence-corrected chi connectivity index (χ0v) is 9.94. The van der Waals surface area contributed by atoms with Gasteiger partial charge in [-0.25, -0.2) is 4.98 Å². The Labute approximate surface area is 101 Å². The Kier molecular flexibility index (Phi) is 2.26. The zero-order valence-electron chi connectivity index (χ0n) is 8.35. The van der Waals surface area contributed by atoms with Gasteiger partial charge in [-0.05, 0) is 16.8 Å². The highest BCUT2D eigenvalue weighted by Crippen LogP contribution is 2.26. The Morgan fingerprint density at radius 1 is 1.00 bits per heavy atom. The SMILES string of the molecule is Brc1ncc(-c2ccc3ccccc3c2)o1. The van der Waals surface area contributed by atoms with Crippen LogP contribution in [0.25, 0.3) is 22.1 Å². The lowest BCUT2D eigenvalue weighted by molar-refractivity contribution is 0.542. The Hall–Kier alpha value is -1.61. The summed E-state index contributed by atoms with van der Waals surface area (Å²) in [6.07, 6.45) is 1.72. The van der Waals surface area contributed by atoms with Crippen LogP contribution in [0.5, 0.6) is 0 Å². The summed E-state index contributed by atoms with van der Waals surface area (Å²) in [5, 5.41) is 2.43. The highest BCUT2D eigenvalue weighted by atomic mass is 79.9.